The van der Waals surface area contributed by atoms with Gasteiger partial charge in [0.15, 0.2) is 11.5 Å². The van der Waals surface area contributed by atoms with Crippen molar-refractivity contribution in [1.29, 1.82) is 0 Å². The van der Waals surface area contributed by atoms with Gasteiger partial charge in [-0.2, -0.15) is 0 Å². The largest absolute Gasteiger partial charge is 0.457 e. The SMILES string of the molecule is Nc1ncnc2c1n(-c1ccc(Oc3ccccc3)cc1)c(=O)n2C1CCCNC1. The minimum atomic E-state index is -0.164. The molecule has 0 saturated carbocycles. The molecular formula is C22H22N6O2. The molecule has 8 nitrogen and oxygen atoms in total. The lowest BCUT2D eigenvalue weighted by atomic mass is 10.1. The van der Waals surface area contributed by atoms with E-state index >= 15 is 0 Å². The monoisotopic (exact) mass is 402 g/mol. The summed E-state index contributed by atoms with van der Waals surface area (Å²) in [6.07, 6.45) is 3.33. The van der Waals surface area contributed by atoms with Crippen LogP contribution in [-0.4, -0.2) is 32.2 Å². The number of benzene rings is 2. The molecule has 0 amide bonds. The number of nitrogens with two attached hydrogens (primary N) is 1. The number of anilines is 1. The lowest BCUT2D eigenvalue weighted by Gasteiger charge is -2.23. The number of aromatic nitrogens is 4. The number of hydrogen-bond donors (Lipinski definition) is 2. The topological polar surface area (TPSA) is 100.0 Å². The maximum Gasteiger partial charge on any atom is 0.335 e. The Morgan fingerprint density at radius 1 is 1.03 bits per heavy atom. The van der Waals surface area contributed by atoms with Crippen molar-refractivity contribution >= 4 is 17.0 Å². The molecule has 4 aromatic rings. The smallest absolute Gasteiger partial charge is 0.335 e. The van der Waals surface area contributed by atoms with Crippen molar-refractivity contribution in [3.05, 3.63) is 71.4 Å². The molecule has 152 valence electrons. The van der Waals surface area contributed by atoms with Gasteiger partial charge in [0.05, 0.1) is 11.7 Å². The van der Waals surface area contributed by atoms with Gasteiger partial charge in [-0.25, -0.2) is 14.8 Å². The molecule has 1 aliphatic rings. The summed E-state index contributed by atoms with van der Waals surface area (Å²) < 4.78 is 9.19. The maximum absolute atomic E-state index is 13.5. The predicted molar refractivity (Wildman–Crippen MR) is 115 cm³/mol. The molecule has 1 fully saturated rings. The van der Waals surface area contributed by atoms with E-state index in [0.29, 0.717) is 22.6 Å². The van der Waals surface area contributed by atoms with Crippen LogP contribution in [0.2, 0.25) is 0 Å². The highest BCUT2D eigenvalue weighted by Crippen LogP contribution is 2.27. The van der Waals surface area contributed by atoms with Gasteiger partial charge in [0.25, 0.3) is 0 Å². The molecule has 3 N–H and O–H groups in total. The Morgan fingerprint density at radius 2 is 1.80 bits per heavy atom. The van der Waals surface area contributed by atoms with Crippen LogP contribution < -0.4 is 21.5 Å². The van der Waals surface area contributed by atoms with E-state index in [1.807, 2.05) is 54.6 Å². The Balaban J connectivity index is 1.59. The van der Waals surface area contributed by atoms with Crippen molar-refractivity contribution in [1.82, 2.24) is 24.4 Å². The number of ether oxygens (including phenoxy) is 1. The molecule has 5 rings (SSSR count). The second-order valence-electron chi connectivity index (χ2n) is 7.33. The number of hydrogen-bond acceptors (Lipinski definition) is 6. The third-order valence-corrected chi connectivity index (χ3v) is 5.39. The maximum atomic E-state index is 13.5. The first-order valence-electron chi connectivity index (χ1n) is 10.00. The van der Waals surface area contributed by atoms with Crippen molar-refractivity contribution in [2.75, 3.05) is 18.8 Å². The lowest BCUT2D eigenvalue weighted by Crippen LogP contribution is -2.36. The highest BCUT2D eigenvalue weighted by molar-refractivity contribution is 5.84. The van der Waals surface area contributed by atoms with Crippen molar-refractivity contribution in [3.8, 4) is 17.2 Å². The molecule has 1 atom stereocenters. The van der Waals surface area contributed by atoms with Crippen LogP contribution in [0.1, 0.15) is 18.9 Å². The predicted octanol–water partition coefficient (Wildman–Crippen LogP) is 2.88. The van der Waals surface area contributed by atoms with Gasteiger partial charge in [0.1, 0.15) is 23.3 Å². The third kappa shape index (κ3) is 3.21. The molecule has 2 aromatic carbocycles. The van der Waals surface area contributed by atoms with Gasteiger partial charge in [-0.3, -0.25) is 9.13 Å². The van der Waals surface area contributed by atoms with Crippen LogP contribution in [-0.2, 0) is 0 Å². The first kappa shape index (κ1) is 18.4. The summed E-state index contributed by atoms with van der Waals surface area (Å²) in [6.45, 7) is 1.69. The highest BCUT2D eigenvalue weighted by Gasteiger charge is 2.25. The molecule has 1 aliphatic heterocycles. The van der Waals surface area contributed by atoms with E-state index in [2.05, 4.69) is 15.3 Å². The number of rotatable bonds is 4. The summed E-state index contributed by atoms with van der Waals surface area (Å²) >= 11 is 0. The van der Waals surface area contributed by atoms with Gasteiger partial charge in [0, 0.05) is 6.54 Å². The summed E-state index contributed by atoms with van der Waals surface area (Å²) in [5.41, 5.74) is 7.79. The van der Waals surface area contributed by atoms with Crippen LogP contribution in [0.15, 0.2) is 65.7 Å². The van der Waals surface area contributed by atoms with Crippen molar-refractivity contribution in [2.45, 2.75) is 18.9 Å². The summed E-state index contributed by atoms with van der Waals surface area (Å²) in [6, 6.07) is 16.9. The van der Waals surface area contributed by atoms with Gasteiger partial charge in [-0.15, -0.1) is 0 Å². The van der Waals surface area contributed by atoms with Crippen LogP contribution >= 0.6 is 0 Å². The fourth-order valence-electron chi connectivity index (χ4n) is 3.98. The Labute approximate surface area is 172 Å². The molecule has 1 unspecified atom stereocenters. The number of fused-ring (bicyclic) bond motifs is 1. The molecule has 2 aromatic heterocycles. The summed E-state index contributed by atoms with van der Waals surface area (Å²) in [7, 11) is 0. The first-order chi connectivity index (χ1) is 14.7. The Bertz CT molecular complexity index is 1220. The average Bonchev–Trinajstić information content (AvgIpc) is 3.09. The van der Waals surface area contributed by atoms with Crippen LogP contribution in [0.25, 0.3) is 16.9 Å². The van der Waals surface area contributed by atoms with Gasteiger partial charge in [-0.05, 0) is 55.8 Å². The third-order valence-electron chi connectivity index (χ3n) is 5.39. The number of piperidine rings is 1. The van der Waals surface area contributed by atoms with Gasteiger partial charge < -0.3 is 15.8 Å². The second kappa shape index (κ2) is 7.64. The van der Waals surface area contributed by atoms with E-state index in [1.165, 1.54) is 6.33 Å². The molecular weight excluding hydrogens is 380 g/mol. The Hall–Kier alpha value is -3.65. The van der Waals surface area contributed by atoms with E-state index in [4.69, 9.17) is 10.5 Å². The standard InChI is InChI=1S/C22H22N6O2/c23-20-19-21(26-14-25-20)28(16-5-4-12-24-13-16)22(29)27(19)15-8-10-18(11-9-15)30-17-6-2-1-3-7-17/h1-3,6-11,14,16,24H,4-5,12-13H2,(H2,23,25,26). The van der Waals surface area contributed by atoms with Crippen LogP contribution in [0, 0.1) is 0 Å². The van der Waals surface area contributed by atoms with Crippen molar-refractivity contribution in [3.63, 3.8) is 0 Å². The summed E-state index contributed by atoms with van der Waals surface area (Å²) in [4.78, 5) is 22.0. The molecule has 30 heavy (non-hydrogen) atoms. The van der Waals surface area contributed by atoms with Crippen molar-refractivity contribution < 1.29 is 4.74 Å². The molecule has 8 heteroatoms. The number of nitrogens with one attached hydrogen (secondary N) is 1. The molecule has 0 spiro atoms. The number of nitrogens with zero attached hydrogens (tertiary/aromatic N) is 4. The van der Waals surface area contributed by atoms with Gasteiger partial charge in [-0.1, -0.05) is 18.2 Å². The van der Waals surface area contributed by atoms with E-state index in [0.717, 1.165) is 31.7 Å². The van der Waals surface area contributed by atoms with Crippen LogP contribution in [0.5, 0.6) is 11.5 Å². The van der Waals surface area contributed by atoms with Crippen LogP contribution in [0.3, 0.4) is 0 Å². The van der Waals surface area contributed by atoms with E-state index in [9.17, 15) is 4.79 Å². The van der Waals surface area contributed by atoms with E-state index in [-0.39, 0.29) is 17.5 Å². The number of nitrogen functional groups attached to an aromatic ring is 1. The Morgan fingerprint density at radius 3 is 2.53 bits per heavy atom. The highest BCUT2D eigenvalue weighted by atomic mass is 16.5. The Kier molecular flexibility index (Phi) is 4.68. The van der Waals surface area contributed by atoms with E-state index in [1.54, 1.807) is 9.13 Å². The molecule has 3 heterocycles. The zero-order chi connectivity index (χ0) is 20.5. The number of imidazole rings is 1. The molecule has 0 radical (unpaired) electrons. The quantitative estimate of drug-likeness (QED) is 0.544. The van der Waals surface area contributed by atoms with Crippen LogP contribution in [0.4, 0.5) is 5.82 Å². The zero-order valence-electron chi connectivity index (χ0n) is 16.4. The lowest BCUT2D eigenvalue weighted by molar-refractivity contribution is 0.369. The van der Waals surface area contributed by atoms with Gasteiger partial charge >= 0.3 is 5.69 Å². The zero-order valence-corrected chi connectivity index (χ0v) is 16.4. The summed E-state index contributed by atoms with van der Waals surface area (Å²) in [5.74, 6) is 1.72. The van der Waals surface area contributed by atoms with E-state index < -0.39 is 0 Å². The molecule has 0 bridgehead atoms. The van der Waals surface area contributed by atoms with Gasteiger partial charge in [0.2, 0.25) is 0 Å². The first-order valence-corrected chi connectivity index (χ1v) is 10.00. The number of para-hydroxylation sites is 1. The summed E-state index contributed by atoms with van der Waals surface area (Å²) in [5, 5.41) is 3.36. The molecule has 0 aliphatic carbocycles. The average molecular weight is 402 g/mol. The fraction of sp³-hybridized carbons (Fsp3) is 0.227. The second-order valence-corrected chi connectivity index (χ2v) is 7.33. The fourth-order valence-corrected chi connectivity index (χ4v) is 3.98. The minimum absolute atomic E-state index is 0.0324. The minimum Gasteiger partial charge on any atom is -0.457 e. The normalized spacial score (nSPS) is 16.6. The molecule has 1 saturated heterocycles. The van der Waals surface area contributed by atoms with Crippen molar-refractivity contribution in [2.24, 2.45) is 0 Å².